The van der Waals surface area contributed by atoms with Crippen molar-refractivity contribution in [3.8, 4) is 0 Å². The molecule has 0 atom stereocenters. The number of aryl methyl sites for hydroxylation is 1. The third kappa shape index (κ3) is 3.14. The molecule has 2 aromatic heterocycles. The van der Waals surface area contributed by atoms with Gasteiger partial charge >= 0.3 is 0 Å². The molecule has 0 fully saturated rings. The molecule has 0 aliphatic rings. The van der Waals surface area contributed by atoms with Crippen molar-refractivity contribution >= 4 is 39.0 Å². The third-order valence-electron chi connectivity index (χ3n) is 2.78. The van der Waals surface area contributed by atoms with Gasteiger partial charge in [-0.15, -0.1) is 11.3 Å². The maximum atomic E-state index is 9.12. The van der Waals surface area contributed by atoms with E-state index in [0.717, 1.165) is 16.6 Å². The summed E-state index contributed by atoms with van der Waals surface area (Å²) in [5.74, 6) is 0.675. The van der Waals surface area contributed by atoms with Crippen LogP contribution in [0, 0.1) is 0 Å². The quantitative estimate of drug-likeness (QED) is 0.795. The van der Waals surface area contributed by atoms with Gasteiger partial charge in [0.25, 0.3) is 0 Å². The zero-order valence-corrected chi connectivity index (χ0v) is 12.2. The number of aliphatic hydroxyl groups excluding tert-OH is 2. The first kappa shape index (κ1) is 14.5. The Balaban J connectivity index is 2.52. The van der Waals surface area contributed by atoms with Crippen LogP contribution in [0.5, 0.6) is 0 Å². The molecule has 0 bridgehead atoms. The molecule has 0 unspecified atom stereocenters. The number of nitrogens with zero attached hydrogens (tertiary/aromatic N) is 3. The summed E-state index contributed by atoms with van der Waals surface area (Å²) < 4.78 is 0. The second kappa shape index (κ2) is 6.47. The molecule has 2 aromatic rings. The number of rotatable bonds is 6. The normalized spacial score (nSPS) is 11.2. The van der Waals surface area contributed by atoms with Crippen LogP contribution in [-0.2, 0) is 6.42 Å². The summed E-state index contributed by atoms with van der Waals surface area (Å²) in [7, 11) is 0. The van der Waals surface area contributed by atoms with E-state index in [4.69, 9.17) is 21.8 Å². The Bertz CT molecular complexity index is 555. The van der Waals surface area contributed by atoms with Gasteiger partial charge in [-0.3, -0.25) is 0 Å². The molecule has 2 heterocycles. The zero-order valence-electron chi connectivity index (χ0n) is 10.6. The highest BCUT2D eigenvalue weighted by molar-refractivity contribution is 7.18. The van der Waals surface area contributed by atoms with E-state index in [-0.39, 0.29) is 18.5 Å². The van der Waals surface area contributed by atoms with Crippen LogP contribution in [0.3, 0.4) is 0 Å². The number of thiophene rings is 1. The fourth-order valence-corrected chi connectivity index (χ4v) is 3.09. The van der Waals surface area contributed by atoms with Crippen LogP contribution in [-0.4, -0.2) is 46.5 Å². The molecule has 0 saturated heterocycles. The minimum atomic E-state index is -0.00606. The first-order valence-corrected chi connectivity index (χ1v) is 7.31. The fourth-order valence-electron chi connectivity index (χ4n) is 1.91. The maximum absolute atomic E-state index is 9.12. The lowest BCUT2D eigenvalue weighted by Gasteiger charge is -2.22. The number of hydrogen-bond donors (Lipinski definition) is 2. The number of hydrogen-bond acceptors (Lipinski definition) is 6. The molecule has 0 aromatic carbocycles. The van der Waals surface area contributed by atoms with Crippen LogP contribution in [0.25, 0.3) is 10.2 Å². The smallest absolute Gasteiger partial charge is 0.225 e. The summed E-state index contributed by atoms with van der Waals surface area (Å²) in [6.45, 7) is 2.88. The number of halogens is 1. The second-order valence-electron chi connectivity index (χ2n) is 4.04. The van der Waals surface area contributed by atoms with Crippen LogP contribution in [0.1, 0.15) is 11.8 Å². The molecule has 0 saturated carbocycles. The molecule has 5 nitrogen and oxygen atoms in total. The van der Waals surface area contributed by atoms with Gasteiger partial charge in [0.1, 0.15) is 10.6 Å². The lowest BCUT2D eigenvalue weighted by atomic mass is 10.3. The van der Waals surface area contributed by atoms with Crippen LogP contribution in [0.2, 0.25) is 5.28 Å². The average Bonchev–Trinajstić information content (AvgIpc) is 2.80. The topological polar surface area (TPSA) is 69.5 Å². The summed E-state index contributed by atoms with van der Waals surface area (Å²) in [5.41, 5.74) is 0. The number of fused-ring (bicyclic) bond motifs is 1. The Labute approximate surface area is 120 Å². The first-order valence-electron chi connectivity index (χ1n) is 6.12. The Morgan fingerprint density at radius 2 is 1.95 bits per heavy atom. The van der Waals surface area contributed by atoms with E-state index in [9.17, 15) is 0 Å². The fraction of sp³-hybridized carbons (Fsp3) is 0.500. The summed E-state index contributed by atoms with van der Waals surface area (Å²) in [5, 5.41) is 19.4. The number of aromatic nitrogens is 2. The molecule has 0 spiro atoms. The van der Waals surface area contributed by atoms with Crippen LogP contribution >= 0.6 is 22.9 Å². The van der Waals surface area contributed by atoms with E-state index in [1.54, 1.807) is 11.3 Å². The monoisotopic (exact) mass is 301 g/mol. The van der Waals surface area contributed by atoms with Crippen molar-refractivity contribution < 1.29 is 10.2 Å². The molecule has 7 heteroatoms. The van der Waals surface area contributed by atoms with Gasteiger partial charge in [0, 0.05) is 18.0 Å². The van der Waals surface area contributed by atoms with Crippen LogP contribution < -0.4 is 4.90 Å². The van der Waals surface area contributed by atoms with E-state index in [0.29, 0.717) is 18.9 Å². The minimum absolute atomic E-state index is 0.00606. The van der Waals surface area contributed by atoms with E-state index in [2.05, 4.69) is 16.9 Å². The van der Waals surface area contributed by atoms with Gasteiger partial charge in [0.2, 0.25) is 5.28 Å². The highest BCUT2D eigenvalue weighted by Gasteiger charge is 2.15. The molecule has 0 aliphatic carbocycles. The Hall–Kier alpha value is -0.950. The number of anilines is 1. The molecule has 0 radical (unpaired) electrons. The summed E-state index contributed by atoms with van der Waals surface area (Å²) in [6, 6.07) is 2.05. The maximum Gasteiger partial charge on any atom is 0.225 e. The number of aliphatic hydroxyl groups is 2. The van der Waals surface area contributed by atoms with E-state index in [1.165, 1.54) is 4.88 Å². The van der Waals surface area contributed by atoms with Crippen molar-refractivity contribution in [2.75, 3.05) is 31.2 Å². The highest BCUT2D eigenvalue weighted by atomic mass is 35.5. The summed E-state index contributed by atoms with van der Waals surface area (Å²) in [6.07, 6.45) is 0.929. The van der Waals surface area contributed by atoms with E-state index < -0.39 is 0 Å². The lowest BCUT2D eigenvalue weighted by molar-refractivity contribution is 0.281. The molecule has 2 rings (SSSR count). The zero-order chi connectivity index (χ0) is 13.8. The Kier molecular flexibility index (Phi) is 4.93. The van der Waals surface area contributed by atoms with E-state index in [1.807, 2.05) is 11.0 Å². The van der Waals surface area contributed by atoms with Crippen molar-refractivity contribution in [2.45, 2.75) is 13.3 Å². The third-order valence-corrected chi connectivity index (χ3v) is 4.13. The van der Waals surface area contributed by atoms with E-state index >= 15 is 0 Å². The van der Waals surface area contributed by atoms with Gasteiger partial charge in [0.05, 0.1) is 18.6 Å². The van der Waals surface area contributed by atoms with Crippen LogP contribution in [0.4, 0.5) is 5.82 Å². The minimum Gasteiger partial charge on any atom is -0.395 e. The summed E-state index contributed by atoms with van der Waals surface area (Å²) >= 11 is 7.55. The predicted molar refractivity (Wildman–Crippen MR) is 78.2 cm³/mol. The van der Waals surface area contributed by atoms with Gasteiger partial charge in [-0.2, -0.15) is 4.98 Å². The van der Waals surface area contributed by atoms with Crippen molar-refractivity contribution in [3.63, 3.8) is 0 Å². The molecule has 0 aliphatic heterocycles. The largest absolute Gasteiger partial charge is 0.395 e. The molecular formula is C12H16ClN3O2S. The van der Waals surface area contributed by atoms with Gasteiger partial charge in [0.15, 0.2) is 0 Å². The van der Waals surface area contributed by atoms with Crippen molar-refractivity contribution in [3.05, 3.63) is 16.2 Å². The Morgan fingerprint density at radius 1 is 1.26 bits per heavy atom. The first-order chi connectivity index (χ1) is 9.19. The standard InChI is InChI=1S/C12H16ClN3O2S/c1-2-8-7-9-10(16(3-5-17)4-6-18)14-12(13)15-11(9)19-8/h7,17-18H,2-6H2,1H3. The Morgan fingerprint density at radius 3 is 2.53 bits per heavy atom. The lowest BCUT2D eigenvalue weighted by Crippen LogP contribution is -2.30. The van der Waals surface area contributed by atoms with Gasteiger partial charge < -0.3 is 15.1 Å². The highest BCUT2D eigenvalue weighted by Crippen LogP contribution is 2.32. The van der Waals surface area contributed by atoms with Crippen molar-refractivity contribution in [1.29, 1.82) is 0 Å². The molecular weight excluding hydrogens is 286 g/mol. The van der Waals surface area contributed by atoms with Gasteiger partial charge in [-0.05, 0) is 24.1 Å². The molecule has 2 N–H and O–H groups in total. The van der Waals surface area contributed by atoms with Crippen LogP contribution in [0.15, 0.2) is 6.07 Å². The molecule has 104 valence electrons. The van der Waals surface area contributed by atoms with Gasteiger partial charge in [-0.25, -0.2) is 4.98 Å². The molecule has 0 amide bonds. The van der Waals surface area contributed by atoms with Crippen molar-refractivity contribution in [2.24, 2.45) is 0 Å². The van der Waals surface area contributed by atoms with Gasteiger partial charge in [-0.1, -0.05) is 6.92 Å². The SMILES string of the molecule is CCc1cc2c(N(CCO)CCO)nc(Cl)nc2s1. The second-order valence-corrected chi connectivity index (χ2v) is 5.49. The predicted octanol–water partition coefficient (Wildman–Crippen LogP) is 1.70. The average molecular weight is 302 g/mol. The summed E-state index contributed by atoms with van der Waals surface area (Å²) in [4.78, 5) is 12.4. The van der Waals surface area contributed by atoms with Crippen molar-refractivity contribution in [1.82, 2.24) is 9.97 Å². The molecule has 19 heavy (non-hydrogen) atoms.